The first-order chi connectivity index (χ1) is 15.5. The molecule has 166 valence electrons. The van der Waals surface area contributed by atoms with Crippen molar-refractivity contribution >= 4 is 34.5 Å². The van der Waals surface area contributed by atoms with Crippen molar-refractivity contribution in [2.75, 3.05) is 19.0 Å². The normalized spacial score (nSPS) is 10.7. The minimum absolute atomic E-state index is 0.0137. The fourth-order valence-electron chi connectivity index (χ4n) is 2.54. The van der Waals surface area contributed by atoms with Crippen molar-refractivity contribution in [2.24, 2.45) is 5.10 Å². The summed E-state index contributed by atoms with van der Waals surface area (Å²) < 4.78 is 10.3. The van der Waals surface area contributed by atoms with Gasteiger partial charge in [-0.3, -0.25) is 14.9 Å². The lowest BCUT2D eigenvalue weighted by Crippen LogP contribution is -2.19. The van der Waals surface area contributed by atoms with Gasteiger partial charge in [0.15, 0.2) is 11.5 Å². The first-order valence-corrected chi connectivity index (χ1v) is 10.4. The molecular weight excluding hydrogens is 434 g/mol. The summed E-state index contributed by atoms with van der Waals surface area (Å²) in [5.74, 6) is 0.261. The Labute approximate surface area is 187 Å². The molecule has 2 aromatic carbocycles. The fraction of sp³-hybridized carbons (Fsp3) is 0.190. The van der Waals surface area contributed by atoms with E-state index in [4.69, 9.17) is 9.47 Å². The van der Waals surface area contributed by atoms with Crippen LogP contribution in [0, 0.1) is 0 Å². The number of ether oxygens (including phenoxy) is 2. The number of carbonyl (C=O) groups excluding carboxylic acids is 2. The Morgan fingerprint density at radius 3 is 2.66 bits per heavy atom. The van der Waals surface area contributed by atoms with E-state index in [2.05, 4.69) is 26.0 Å². The fourth-order valence-corrected chi connectivity index (χ4v) is 3.27. The van der Waals surface area contributed by atoms with Gasteiger partial charge in [-0.05, 0) is 55.0 Å². The maximum atomic E-state index is 12.3. The number of methoxy groups -OCH3 is 1. The molecule has 0 saturated carbocycles. The summed E-state index contributed by atoms with van der Waals surface area (Å²) in [5, 5.41) is 24.9. The second kappa shape index (κ2) is 10.9. The van der Waals surface area contributed by atoms with Crippen molar-refractivity contribution in [1.29, 1.82) is 0 Å². The van der Waals surface area contributed by atoms with Crippen molar-refractivity contribution in [2.45, 2.75) is 13.3 Å². The number of phenolic OH excluding ortho intramolecular Hbond substituents is 1. The molecule has 0 aliphatic rings. The molecule has 0 atom stereocenters. The Kier molecular flexibility index (Phi) is 7.70. The van der Waals surface area contributed by atoms with Gasteiger partial charge in [0.1, 0.15) is 10.8 Å². The van der Waals surface area contributed by atoms with Crippen LogP contribution in [-0.2, 0) is 11.2 Å². The molecule has 0 saturated heterocycles. The van der Waals surface area contributed by atoms with E-state index in [1.165, 1.54) is 12.3 Å². The maximum absolute atomic E-state index is 12.3. The number of hydrogen-bond acceptors (Lipinski definition) is 9. The van der Waals surface area contributed by atoms with Crippen molar-refractivity contribution < 1.29 is 24.2 Å². The molecule has 1 heterocycles. The summed E-state index contributed by atoms with van der Waals surface area (Å²) in [6, 6.07) is 11.4. The van der Waals surface area contributed by atoms with E-state index in [0.717, 1.165) is 11.3 Å². The van der Waals surface area contributed by atoms with Crippen molar-refractivity contribution in [3.63, 3.8) is 0 Å². The Balaban J connectivity index is 1.50. The van der Waals surface area contributed by atoms with Gasteiger partial charge < -0.3 is 14.6 Å². The molecular formula is C21H21N5O5S. The van der Waals surface area contributed by atoms with Crippen LogP contribution in [0.4, 0.5) is 5.13 Å². The van der Waals surface area contributed by atoms with E-state index in [1.807, 2.05) is 6.92 Å². The van der Waals surface area contributed by atoms with Crippen LogP contribution in [0.2, 0.25) is 0 Å². The van der Waals surface area contributed by atoms with Gasteiger partial charge >= 0.3 is 0 Å². The van der Waals surface area contributed by atoms with Crippen LogP contribution >= 0.6 is 11.3 Å². The third-order valence-corrected chi connectivity index (χ3v) is 4.88. The molecule has 32 heavy (non-hydrogen) atoms. The smallest absolute Gasteiger partial charge is 0.257 e. The average molecular weight is 455 g/mol. The summed E-state index contributed by atoms with van der Waals surface area (Å²) in [4.78, 5) is 24.3. The largest absolute Gasteiger partial charge is 0.504 e. The Morgan fingerprint density at radius 2 is 1.97 bits per heavy atom. The number of phenols is 1. The minimum atomic E-state index is -0.402. The molecule has 0 aliphatic heterocycles. The predicted molar refractivity (Wildman–Crippen MR) is 120 cm³/mol. The minimum Gasteiger partial charge on any atom is -0.504 e. The van der Waals surface area contributed by atoms with Gasteiger partial charge in [0.25, 0.3) is 5.91 Å². The highest BCUT2D eigenvalue weighted by atomic mass is 32.1. The predicted octanol–water partition coefficient (Wildman–Crippen LogP) is 2.60. The number of benzene rings is 2. The SMILES string of the molecule is CCOc1ccc(/C=N\NC(=O)Cc2nnc(NC(=O)c3ccc(OC)cc3)s2)cc1O. The number of hydrazone groups is 1. The Bertz CT molecular complexity index is 1110. The third-order valence-electron chi connectivity index (χ3n) is 4.04. The molecule has 10 nitrogen and oxygen atoms in total. The second-order valence-electron chi connectivity index (χ2n) is 6.31. The monoisotopic (exact) mass is 455 g/mol. The molecule has 3 rings (SSSR count). The molecule has 0 radical (unpaired) electrons. The van der Waals surface area contributed by atoms with Crippen molar-refractivity contribution in [1.82, 2.24) is 15.6 Å². The zero-order valence-electron chi connectivity index (χ0n) is 17.4. The van der Waals surface area contributed by atoms with Crippen LogP contribution in [0.5, 0.6) is 17.2 Å². The van der Waals surface area contributed by atoms with Crippen LogP contribution in [0.15, 0.2) is 47.6 Å². The first kappa shape index (κ1) is 22.7. The highest BCUT2D eigenvalue weighted by Crippen LogP contribution is 2.26. The van der Waals surface area contributed by atoms with Crippen LogP contribution in [0.1, 0.15) is 27.9 Å². The van der Waals surface area contributed by atoms with Gasteiger partial charge in [0.05, 0.1) is 26.4 Å². The molecule has 0 bridgehead atoms. The van der Waals surface area contributed by atoms with Crippen LogP contribution < -0.4 is 20.2 Å². The summed E-state index contributed by atoms with van der Waals surface area (Å²) in [6.07, 6.45) is 1.34. The number of nitrogens with zero attached hydrogens (tertiary/aromatic N) is 3. The number of aromatic nitrogens is 2. The van der Waals surface area contributed by atoms with Gasteiger partial charge in [-0.15, -0.1) is 10.2 Å². The molecule has 2 amide bonds. The van der Waals surface area contributed by atoms with E-state index >= 15 is 0 Å². The highest BCUT2D eigenvalue weighted by Gasteiger charge is 2.12. The lowest BCUT2D eigenvalue weighted by Gasteiger charge is -2.05. The maximum Gasteiger partial charge on any atom is 0.257 e. The Hall–Kier alpha value is -3.99. The van der Waals surface area contributed by atoms with Gasteiger partial charge in [-0.1, -0.05) is 11.3 Å². The molecule has 1 aromatic heterocycles. The number of anilines is 1. The van der Waals surface area contributed by atoms with Gasteiger partial charge in [-0.25, -0.2) is 5.43 Å². The standard InChI is InChI=1S/C21H21N5O5S/c1-3-31-17-9-4-13(10-16(17)27)12-22-24-18(28)11-19-25-26-21(32-19)23-20(29)14-5-7-15(30-2)8-6-14/h4-10,12,27H,3,11H2,1-2H3,(H,24,28)(H,23,26,29)/b22-12-. The lowest BCUT2D eigenvalue weighted by atomic mass is 10.2. The molecule has 0 fully saturated rings. The van der Waals surface area contributed by atoms with Gasteiger partial charge in [-0.2, -0.15) is 5.10 Å². The number of rotatable bonds is 9. The molecule has 3 aromatic rings. The van der Waals surface area contributed by atoms with Crippen LogP contribution in [0.3, 0.4) is 0 Å². The molecule has 0 unspecified atom stereocenters. The average Bonchev–Trinajstić information content (AvgIpc) is 3.22. The topological polar surface area (TPSA) is 135 Å². The number of carbonyl (C=O) groups is 2. The third kappa shape index (κ3) is 6.25. The quantitative estimate of drug-likeness (QED) is 0.333. The van der Waals surface area contributed by atoms with Gasteiger partial charge in [0, 0.05) is 5.56 Å². The first-order valence-electron chi connectivity index (χ1n) is 9.54. The molecule has 11 heteroatoms. The number of nitrogens with one attached hydrogen (secondary N) is 2. The number of hydrogen-bond donors (Lipinski definition) is 3. The van der Waals surface area contributed by atoms with E-state index in [-0.39, 0.29) is 23.2 Å². The lowest BCUT2D eigenvalue weighted by molar-refractivity contribution is -0.120. The summed E-state index contributed by atoms with van der Waals surface area (Å²) in [6.45, 7) is 2.26. The number of amides is 2. The molecule has 0 aliphatic carbocycles. The summed E-state index contributed by atoms with van der Waals surface area (Å²) >= 11 is 1.09. The van der Waals surface area contributed by atoms with Crippen LogP contribution in [0.25, 0.3) is 0 Å². The molecule has 0 spiro atoms. The summed E-state index contributed by atoms with van der Waals surface area (Å²) in [5.41, 5.74) is 3.41. The number of aromatic hydroxyl groups is 1. The summed E-state index contributed by atoms with van der Waals surface area (Å²) in [7, 11) is 1.55. The van der Waals surface area contributed by atoms with E-state index in [9.17, 15) is 14.7 Å². The zero-order valence-corrected chi connectivity index (χ0v) is 18.2. The van der Waals surface area contributed by atoms with Crippen molar-refractivity contribution in [3.8, 4) is 17.2 Å². The highest BCUT2D eigenvalue weighted by molar-refractivity contribution is 7.15. The van der Waals surface area contributed by atoms with E-state index in [0.29, 0.717) is 34.2 Å². The zero-order chi connectivity index (χ0) is 22.9. The van der Waals surface area contributed by atoms with Crippen molar-refractivity contribution in [3.05, 3.63) is 58.6 Å². The molecule has 3 N–H and O–H groups in total. The Morgan fingerprint density at radius 1 is 1.19 bits per heavy atom. The van der Waals surface area contributed by atoms with Gasteiger partial charge in [0.2, 0.25) is 11.0 Å². The van der Waals surface area contributed by atoms with E-state index < -0.39 is 5.91 Å². The van der Waals surface area contributed by atoms with E-state index in [1.54, 1.807) is 43.5 Å². The van der Waals surface area contributed by atoms with Crippen LogP contribution in [-0.4, -0.2) is 47.0 Å². The second-order valence-corrected chi connectivity index (χ2v) is 7.38.